The molecule has 4 heteroatoms. The minimum absolute atomic E-state index is 0.161. The molecule has 2 unspecified atom stereocenters. The lowest BCUT2D eigenvalue weighted by atomic mass is 9.97. The summed E-state index contributed by atoms with van der Waals surface area (Å²) in [7, 11) is 1.62. The summed E-state index contributed by atoms with van der Waals surface area (Å²) in [6.45, 7) is 4.42. The normalized spacial score (nSPS) is 31.2. The minimum Gasteiger partial charge on any atom is -0.497 e. The predicted octanol–water partition coefficient (Wildman–Crippen LogP) is 2.36. The maximum absolute atomic E-state index is 12.4. The van der Waals surface area contributed by atoms with Gasteiger partial charge in [-0.15, -0.1) is 0 Å². The summed E-state index contributed by atoms with van der Waals surface area (Å²) in [5.41, 5.74) is 0.282. The molecule has 0 spiro atoms. The average molecular weight is 303 g/mol. The van der Waals surface area contributed by atoms with E-state index >= 15 is 0 Å². The highest BCUT2D eigenvalue weighted by molar-refractivity contribution is 5.97. The Bertz CT molecular complexity index is 526. The molecule has 4 nitrogen and oxygen atoms in total. The number of nitrogens with zero attached hydrogens (tertiary/aromatic N) is 1. The van der Waals surface area contributed by atoms with E-state index in [1.165, 1.54) is 0 Å². The second-order valence-corrected chi connectivity index (χ2v) is 6.85. The maximum Gasteiger partial charge on any atom is 0.176 e. The van der Waals surface area contributed by atoms with Crippen molar-refractivity contribution in [1.29, 1.82) is 0 Å². The van der Waals surface area contributed by atoms with Gasteiger partial charge in [0.15, 0.2) is 5.78 Å². The number of hydrogen-bond acceptors (Lipinski definition) is 4. The maximum atomic E-state index is 12.4. The van der Waals surface area contributed by atoms with Gasteiger partial charge in [0.05, 0.1) is 19.3 Å². The van der Waals surface area contributed by atoms with Crippen LogP contribution in [0.2, 0.25) is 0 Å². The van der Waals surface area contributed by atoms with E-state index in [-0.39, 0.29) is 5.78 Å². The lowest BCUT2D eigenvalue weighted by Crippen LogP contribution is -2.32. The van der Waals surface area contributed by atoms with Crippen molar-refractivity contribution < 1.29 is 14.6 Å². The summed E-state index contributed by atoms with van der Waals surface area (Å²) in [4.78, 5) is 14.6. The summed E-state index contributed by atoms with van der Waals surface area (Å²) in [5, 5.41) is 10.4. The van der Waals surface area contributed by atoms with Crippen LogP contribution in [0.25, 0.3) is 0 Å². The van der Waals surface area contributed by atoms with E-state index in [9.17, 15) is 9.90 Å². The fraction of sp³-hybridized carbons (Fsp3) is 0.611. The molecule has 1 N–H and O–H groups in total. The largest absolute Gasteiger partial charge is 0.497 e. The number of hydrogen-bond donors (Lipinski definition) is 1. The number of ether oxygens (including phenoxy) is 1. The molecule has 2 aliphatic rings. The second kappa shape index (κ2) is 6.01. The Hall–Kier alpha value is -1.39. The molecular weight excluding hydrogens is 278 g/mol. The first-order chi connectivity index (χ1) is 10.5. The molecule has 120 valence electrons. The average Bonchev–Trinajstić information content (AvgIpc) is 3.02. The van der Waals surface area contributed by atoms with E-state index in [1.54, 1.807) is 7.11 Å². The molecule has 1 saturated carbocycles. The number of aliphatic hydroxyl groups is 1. The quantitative estimate of drug-likeness (QED) is 0.848. The first-order valence-corrected chi connectivity index (χ1v) is 8.15. The molecule has 1 saturated heterocycles. The van der Waals surface area contributed by atoms with Gasteiger partial charge in [0, 0.05) is 18.7 Å². The number of carbonyl (C=O) groups excluding carboxylic acids is 1. The molecule has 1 heterocycles. The van der Waals surface area contributed by atoms with E-state index in [2.05, 4.69) is 11.8 Å². The lowest BCUT2D eigenvalue weighted by Gasteiger charge is -2.24. The molecule has 0 bridgehead atoms. The van der Waals surface area contributed by atoms with Crippen LogP contribution in [0.15, 0.2) is 24.3 Å². The fourth-order valence-corrected chi connectivity index (χ4v) is 4.05. The SMILES string of the molecule is CCC1(O)CC2CN(CC(=O)c3ccc(OC)cc3)CC2C1. The van der Waals surface area contributed by atoms with E-state index in [4.69, 9.17) is 4.74 Å². The first kappa shape index (κ1) is 15.5. The number of rotatable bonds is 5. The third-order valence-electron chi connectivity index (χ3n) is 5.37. The highest BCUT2D eigenvalue weighted by atomic mass is 16.5. The van der Waals surface area contributed by atoms with E-state index in [0.717, 1.165) is 43.7 Å². The minimum atomic E-state index is -0.457. The van der Waals surface area contributed by atoms with Crippen molar-refractivity contribution in [3.8, 4) is 5.75 Å². The fourth-order valence-electron chi connectivity index (χ4n) is 4.05. The number of ketones is 1. The Kier molecular flexibility index (Phi) is 4.24. The van der Waals surface area contributed by atoms with Crippen LogP contribution in [-0.4, -0.2) is 48.1 Å². The van der Waals surface area contributed by atoms with Crippen LogP contribution in [0.5, 0.6) is 5.75 Å². The third kappa shape index (κ3) is 3.03. The molecule has 1 aliphatic heterocycles. The van der Waals surface area contributed by atoms with Gasteiger partial charge in [-0.3, -0.25) is 9.69 Å². The van der Waals surface area contributed by atoms with Crippen molar-refractivity contribution >= 4 is 5.78 Å². The van der Waals surface area contributed by atoms with Gasteiger partial charge in [-0.05, 0) is 55.4 Å². The van der Waals surface area contributed by atoms with Crippen LogP contribution >= 0.6 is 0 Å². The van der Waals surface area contributed by atoms with Gasteiger partial charge in [-0.1, -0.05) is 6.92 Å². The highest BCUT2D eigenvalue weighted by Gasteiger charge is 2.47. The van der Waals surface area contributed by atoms with Crippen LogP contribution in [-0.2, 0) is 0 Å². The van der Waals surface area contributed by atoms with Crippen LogP contribution in [0.3, 0.4) is 0 Å². The van der Waals surface area contributed by atoms with E-state index < -0.39 is 5.60 Å². The van der Waals surface area contributed by atoms with Crippen LogP contribution < -0.4 is 4.74 Å². The summed E-state index contributed by atoms with van der Waals surface area (Å²) < 4.78 is 5.12. The zero-order valence-corrected chi connectivity index (χ0v) is 13.4. The van der Waals surface area contributed by atoms with Crippen molar-refractivity contribution in [2.75, 3.05) is 26.7 Å². The summed E-state index contributed by atoms with van der Waals surface area (Å²) in [6.07, 6.45) is 2.62. The smallest absolute Gasteiger partial charge is 0.176 e. The molecule has 2 fully saturated rings. The monoisotopic (exact) mass is 303 g/mol. The van der Waals surface area contributed by atoms with Crippen LogP contribution in [0, 0.1) is 11.8 Å². The first-order valence-electron chi connectivity index (χ1n) is 8.15. The molecule has 22 heavy (non-hydrogen) atoms. The van der Waals surface area contributed by atoms with Gasteiger partial charge in [-0.2, -0.15) is 0 Å². The topological polar surface area (TPSA) is 49.8 Å². The molecule has 0 amide bonds. The Labute approximate surface area is 132 Å². The van der Waals surface area contributed by atoms with Gasteiger partial charge in [0.2, 0.25) is 0 Å². The van der Waals surface area contributed by atoms with E-state index in [0.29, 0.717) is 18.4 Å². The molecule has 1 aromatic rings. The molecule has 2 atom stereocenters. The third-order valence-corrected chi connectivity index (χ3v) is 5.37. The van der Waals surface area contributed by atoms with E-state index in [1.807, 2.05) is 24.3 Å². The number of methoxy groups -OCH3 is 1. The van der Waals surface area contributed by atoms with Gasteiger partial charge in [-0.25, -0.2) is 0 Å². The van der Waals surface area contributed by atoms with Crippen molar-refractivity contribution in [1.82, 2.24) is 4.90 Å². The predicted molar refractivity (Wildman–Crippen MR) is 85.2 cm³/mol. The second-order valence-electron chi connectivity index (χ2n) is 6.85. The lowest BCUT2D eigenvalue weighted by molar-refractivity contribution is 0.0315. The Balaban J connectivity index is 1.56. The van der Waals surface area contributed by atoms with Crippen LogP contribution in [0.4, 0.5) is 0 Å². The summed E-state index contributed by atoms with van der Waals surface area (Å²) in [6, 6.07) is 7.31. The summed E-state index contributed by atoms with van der Waals surface area (Å²) >= 11 is 0. The highest BCUT2D eigenvalue weighted by Crippen LogP contribution is 2.45. The Morgan fingerprint density at radius 1 is 1.27 bits per heavy atom. The number of benzene rings is 1. The molecule has 0 radical (unpaired) electrons. The summed E-state index contributed by atoms with van der Waals surface area (Å²) in [5.74, 6) is 2.03. The number of fused-ring (bicyclic) bond motifs is 1. The Morgan fingerprint density at radius 3 is 2.36 bits per heavy atom. The molecule has 1 aromatic carbocycles. The molecule has 1 aliphatic carbocycles. The van der Waals surface area contributed by atoms with Gasteiger partial charge >= 0.3 is 0 Å². The molecule has 3 rings (SSSR count). The van der Waals surface area contributed by atoms with Crippen LogP contribution in [0.1, 0.15) is 36.5 Å². The zero-order valence-electron chi connectivity index (χ0n) is 13.4. The van der Waals surface area contributed by atoms with Crippen molar-refractivity contribution in [2.45, 2.75) is 31.8 Å². The van der Waals surface area contributed by atoms with Crippen molar-refractivity contribution in [3.63, 3.8) is 0 Å². The zero-order chi connectivity index (χ0) is 15.7. The number of Topliss-reactive ketones (excluding diaryl/α,β-unsaturated/α-hetero) is 1. The van der Waals surface area contributed by atoms with Crippen molar-refractivity contribution in [3.05, 3.63) is 29.8 Å². The Morgan fingerprint density at radius 2 is 1.86 bits per heavy atom. The number of carbonyl (C=O) groups is 1. The number of likely N-dealkylation sites (tertiary alicyclic amines) is 1. The van der Waals surface area contributed by atoms with Gasteiger partial charge < -0.3 is 9.84 Å². The standard InChI is InChI=1S/C18H25NO3/c1-3-18(21)8-14-10-19(11-15(14)9-18)12-17(20)13-4-6-16(22-2)7-5-13/h4-7,14-15,21H,3,8-12H2,1-2H3. The van der Waals surface area contributed by atoms with Crippen molar-refractivity contribution in [2.24, 2.45) is 11.8 Å². The van der Waals surface area contributed by atoms with Gasteiger partial charge in [0.1, 0.15) is 5.75 Å². The molecular formula is C18H25NO3. The molecule has 0 aromatic heterocycles. The van der Waals surface area contributed by atoms with Gasteiger partial charge in [0.25, 0.3) is 0 Å².